The van der Waals surface area contributed by atoms with Crippen LogP contribution >= 0.6 is 0 Å². The molecule has 2 aromatic rings. The number of hydrogen-bond donors (Lipinski definition) is 1. The lowest BCUT2D eigenvalue weighted by molar-refractivity contribution is 0.460. The van der Waals surface area contributed by atoms with Crippen LogP contribution in [0.4, 0.5) is 0 Å². The van der Waals surface area contributed by atoms with Crippen LogP contribution in [-0.2, 0) is 12.8 Å². The minimum Gasteiger partial charge on any atom is -0.504 e. The van der Waals surface area contributed by atoms with Gasteiger partial charge in [-0.1, -0.05) is 32.4 Å². The van der Waals surface area contributed by atoms with Crippen molar-refractivity contribution in [3.05, 3.63) is 41.2 Å². The van der Waals surface area contributed by atoms with E-state index < -0.39 is 0 Å². The molecule has 3 nitrogen and oxygen atoms in total. The maximum absolute atomic E-state index is 10.2. The van der Waals surface area contributed by atoms with E-state index in [1.807, 2.05) is 23.7 Å². The first-order valence-electron chi connectivity index (χ1n) is 6.54. The summed E-state index contributed by atoms with van der Waals surface area (Å²) in [4.78, 5) is 0. The molecule has 0 radical (unpaired) electrons. The number of benzene rings is 1. The Morgan fingerprint density at radius 3 is 2.67 bits per heavy atom. The Bertz CT molecular complexity index is 543. The van der Waals surface area contributed by atoms with Crippen molar-refractivity contribution < 1.29 is 5.11 Å². The van der Waals surface area contributed by atoms with Gasteiger partial charge < -0.3 is 5.11 Å². The summed E-state index contributed by atoms with van der Waals surface area (Å²) >= 11 is 0. The van der Waals surface area contributed by atoms with E-state index in [0.717, 1.165) is 36.3 Å². The summed E-state index contributed by atoms with van der Waals surface area (Å²) in [5, 5.41) is 14.7. The highest BCUT2D eigenvalue weighted by atomic mass is 16.3. The van der Waals surface area contributed by atoms with Crippen molar-refractivity contribution in [1.82, 2.24) is 9.78 Å². The molecule has 0 aliphatic carbocycles. The fraction of sp³-hybridized carbons (Fsp3) is 0.400. The number of rotatable bonds is 4. The first-order valence-corrected chi connectivity index (χ1v) is 6.54. The van der Waals surface area contributed by atoms with Gasteiger partial charge in [0.25, 0.3) is 0 Å². The molecule has 0 spiro atoms. The van der Waals surface area contributed by atoms with Gasteiger partial charge in [-0.25, -0.2) is 4.68 Å². The highest BCUT2D eigenvalue weighted by molar-refractivity contribution is 5.42. The van der Waals surface area contributed by atoms with E-state index in [1.165, 1.54) is 5.56 Å². The normalized spacial score (nSPS) is 10.8. The van der Waals surface area contributed by atoms with E-state index in [9.17, 15) is 5.11 Å². The zero-order valence-corrected chi connectivity index (χ0v) is 11.3. The van der Waals surface area contributed by atoms with E-state index in [2.05, 4.69) is 31.1 Å². The number of nitrogens with zero attached hydrogens (tertiary/aromatic N) is 2. The number of aromatic nitrogens is 2. The first-order chi connectivity index (χ1) is 8.67. The minimum atomic E-state index is 0.362. The van der Waals surface area contributed by atoms with Gasteiger partial charge >= 0.3 is 0 Å². The lowest BCUT2D eigenvalue weighted by Gasteiger charge is -2.07. The molecular weight excluding hydrogens is 224 g/mol. The van der Waals surface area contributed by atoms with E-state index in [4.69, 9.17) is 0 Å². The lowest BCUT2D eigenvalue weighted by atomic mass is 10.2. The van der Waals surface area contributed by atoms with Gasteiger partial charge in [0.2, 0.25) is 0 Å². The summed E-state index contributed by atoms with van der Waals surface area (Å²) in [7, 11) is 0. The molecule has 0 unspecified atom stereocenters. The van der Waals surface area contributed by atoms with Crippen LogP contribution in [0.1, 0.15) is 37.2 Å². The Balaban J connectivity index is 2.55. The third-order valence-corrected chi connectivity index (χ3v) is 3.09. The maximum atomic E-state index is 10.2. The fourth-order valence-electron chi connectivity index (χ4n) is 2.17. The smallest absolute Gasteiger partial charge is 0.160 e. The summed E-state index contributed by atoms with van der Waals surface area (Å²) in [6.07, 6.45) is 2.59. The average molecular weight is 244 g/mol. The van der Waals surface area contributed by atoms with Crippen molar-refractivity contribution in [3.63, 3.8) is 0 Å². The SMILES string of the molecule is CCCc1c(O)c(CC)nn1-c1cccc(C)c1. The standard InChI is InChI=1S/C15H20N2O/c1-4-7-14-15(18)13(5-2)16-17(14)12-9-6-8-11(3)10-12/h6,8-10,18H,4-5,7H2,1-3H3. The van der Waals surface area contributed by atoms with E-state index in [0.29, 0.717) is 5.75 Å². The largest absolute Gasteiger partial charge is 0.504 e. The zero-order valence-electron chi connectivity index (χ0n) is 11.3. The van der Waals surface area contributed by atoms with Crippen LogP contribution in [0, 0.1) is 6.92 Å². The van der Waals surface area contributed by atoms with Gasteiger partial charge in [0.15, 0.2) is 5.75 Å². The van der Waals surface area contributed by atoms with Crippen molar-refractivity contribution >= 4 is 0 Å². The lowest BCUT2D eigenvalue weighted by Crippen LogP contribution is -2.02. The second kappa shape index (κ2) is 5.25. The maximum Gasteiger partial charge on any atom is 0.160 e. The van der Waals surface area contributed by atoms with Crippen LogP contribution in [0.3, 0.4) is 0 Å². The molecule has 1 heterocycles. The summed E-state index contributed by atoms with van der Waals surface area (Å²) < 4.78 is 1.88. The van der Waals surface area contributed by atoms with E-state index in [1.54, 1.807) is 0 Å². The van der Waals surface area contributed by atoms with Crippen LogP contribution in [0.5, 0.6) is 5.75 Å². The van der Waals surface area contributed by atoms with Gasteiger partial charge in [-0.2, -0.15) is 5.10 Å². The molecule has 0 saturated heterocycles. The molecule has 2 rings (SSSR count). The molecule has 1 aromatic carbocycles. The van der Waals surface area contributed by atoms with Crippen LogP contribution < -0.4 is 0 Å². The third-order valence-electron chi connectivity index (χ3n) is 3.09. The van der Waals surface area contributed by atoms with Crippen LogP contribution in [-0.4, -0.2) is 14.9 Å². The van der Waals surface area contributed by atoms with Gasteiger partial charge in [-0.3, -0.25) is 0 Å². The van der Waals surface area contributed by atoms with Crippen molar-refractivity contribution in [1.29, 1.82) is 0 Å². The van der Waals surface area contributed by atoms with Gasteiger partial charge in [-0.15, -0.1) is 0 Å². The Morgan fingerprint density at radius 1 is 1.28 bits per heavy atom. The molecule has 96 valence electrons. The molecule has 0 aliphatic rings. The second-order valence-electron chi connectivity index (χ2n) is 4.60. The first kappa shape index (κ1) is 12.7. The quantitative estimate of drug-likeness (QED) is 0.895. The molecule has 0 fully saturated rings. The topological polar surface area (TPSA) is 38.1 Å². The Hall–Kier alpha value is -1.77. The zero-order chi connectivity index (χ0) is 13.1. The molecule has 0 saturated carbocycles. The van der Waals surface area contributed by atoms with Crippen molar-refractivity contribution in [2.75, 3.05) is 0 Å². The third kappa shape index (κ3) is 2.26. The van der Waals surface area contributed by atoms with E-state index >= 15 is 0 Å². The fourth-order valence-corrected chi connectivity index (χ4v) is 2.17. The molecule has 3 heteroatoms. The van der Waals surface area contributed by atoms with Gasteiger partial charge in [0, 0.05) is 0 Å². The molecule has 0 bridgehead atoms. The predicted octanol–water partition coefficient (Wildman–Crippen LogP) is 3.40. The molecule has 1 aromatic heterocycles. The van der Waals surface area contributed by atoms with E-state index in [-0.39, 0.29) is 0 Å². The molecular formula is C15H20N2O. The van der Waals surface area contributed by atoms with Gasteiger partial charge in [0.05, 0.1) is 11.4 Å². The Labute approximate surface area is 108 Å². The Morgan fingerprint density at radius 2 is 2.06 bits per heavy atom. The predicted molar refractivity (Wildman–Crippen MR) is 73.3 cm³/mol. The van der Waals surface area contributed by atoms with Crippen molar-refractivity contribution in [3.8, 4) is 11.4 Å². The Kier molecular flexibility index (Phi) is 3.70. The van der Waals surface area contributed by atoms with Gasteiger partial charge in [-0.05, 0) is 37.5 Å². The number of aromatic hydroxyl groups is 1. The summed E-state index contributed by atoms with van der Waals surface area (Å²) in [6.45, 7) is 6.18. The van der Waals surface area contributed by atoms with Crippen LogP contribution in [0.15, 0.2) is 24.3 Å². The highest BCUT2D eigenvalue weighted by Crippen LogP contribution is 2.27. The highest BCUT2D eigenvalue weighted by Gasteiger charge is 2.16. The molecule has 18 heavy (non-hydrogen) atoms. The molecule has 0 atom stereocenters. The minimum absolute atomic E-state index is 0.362. The summed E-state index contributed by atoms with van der Waals surface area (Å²) in [5.41, 5.74) is 3.91. The molecule has 0 aliphatic heterocycles. The molecule has 1 N–H and O–H groups in total. The van der Waals surface area contributed by atoms with Crippen molar-refractivity contribution in [2.45, 2.75) is 40.0 Å². The number of hydrogen-bond acceptors (Lipinski definition) is 2. The molecule has 0 amide bonds. The van der Waals surface area contributed by atoms with Crippen LogP contribution in [0.2, 0.25) is 0 Å². The van der Waals surface area contributed by atoms with Gasteiger partial charge in [0.1, 0.15) is 5.69 Å². The second-order valence-corrected chi connectivity index (χ2v) is 4.60. The van der Waals surface area contributed by atoms with Crippen LogP contribution in [0.25, 0.3) is 5.69 Å². The summed E-state index contributed by atoms with van der Waals surface area (Å²) in [5.74, 6) is 0.362. The average Bonchev–Trinajstić information content (AvgIpc) is 2.67. The van der Waals surface area contributed by atoms with Crippen molar-refractivity contribution in [2.24, 2.45) is 0 Å². The monoisotopic (exact) mass is 244 g/mol. The number of aryl methyl sites for hydroxylation is 2. The summed E-state index contributed by atoms with van der Waals surface area (Å²) in [6, 6.07) is 8.20.